The lowest BCUT2D eigenvalue weighted by Gasteiger charge is -2.40. The van der Waals surface area contributed by atoms with Gasteiger partial charge in [-0.25, -0.2) is 0 Å². The maximum Gasteiger partial charge on any atom is 0.221 e. The van der Waals surface area contributed by atoms with Crippen molar-refractivity contribution in [3.63, 3.8) is 0 Å². The van der Waals surface area contributed by atoms with E-state index in [0.717, 1.165) is 36.3 Å². The van der Waals surface area contributed by atoms with Crippen molar-refractivity contribution >= 4 is 17.7 Å². The van der Waals surface area contributed by atoms with Crippen LogP contribution in [0.3, 0.4) is 0 Å². The molecule has 0 spiro atoms. The molecular weight excluding hydrogens is 368 g/mol. The second kappa shape index (κ2) is 8.83. The standard InChI is InChI=1S/C27H38N2O/c1-6-21-12-13-23(17-24(21)28)27(15-14-20-10-11-20,22-9-7-8-19(2)16-22)29-25(30)18-26(3,4)5/h6-9,12-13,17,19-20H,1,10-11,14-16,18,28H2,2-5H3,(H,29,30). The Labute approximate surface area is 182 Å². The maximum absolute atomic E-state index is 13.2. The molecule has 2 aliphatic rings. The van der Waals surface area contributed by atoms with Gasteiger partial charge in [-0.05, 0) is 59.3 Å². The zero-order valence-electron chi connectivity index (χ0n) is 19.1. The highest BCUT2D eigenvalue weighted by Crippen LogP contribution is 2.44. The molecular formula is C27H38N2O. The Balaban J connectivity index is 2.08. The molecule has 0 heterocycles. The minimum atomic E-state index is -0.516. The van der Waals surface area contributed by atoms with Gasteiger partial charge < -0.3 is 11.1 Å². The van der Waals surface area contributed by atoms with Crippen molar-refractivity contribution in [1.29, 1.82) is 0 Å². The summed E-state index contributed by atoms with van der Waals surface area (Å²) in [4.78, 5) is 13.2. The molecule has 1 aromatic carbocycles. The largest absolute Gasteiger partial charge is 0.398 e. The van der Waals surface area contributed by atoms with Crippen molar-refractivity contribution in [2.24, 2.45) is 17.3 Å². The Morgan fingerprint density at radius 1 is 1.30 bits per heavy atom. The van der Waals surface area contributed by atoms with Crippen molar-refractivity contribution in [2.75, 3.05) is 5.73 Å². The van der Waals surface area contributed by atoms with Crippen LogP contribution < -0.4 is 11.1 Å². The fourth-order valence-electron chi connectivity index (χ4n) is 4.48. The van der Waals surface area contributed by atoms with Crippen LogP contribution >= 0.6 is 0 Å². The Kier molecular flexibility index (Phi) is 6.59. The highest BCUT2D eigenvalue weighted by Gasteiger charge is 2.40. The van der Waals surface area contributed by atoms with E-state index in [1.54, 1.807) is 6.08 Å². The van der Waals surface area contributed by atoms with E-state index in [1.165, 1.54) is 18.4 Å². The van der Waals surface area contributed by atoms with Gasteiger partial charge in [0.25, 0.3) is 0 Å². The minimum Gasteiger partial charge on any atom is -0.398 e. The maximum atomic E-state index is 13.2. The van der Waals surface area contributed by atoms with E-state index in [-0.39, 0.29) is 11.3 Å². The Hall–Kier alpha value is -2.29. The molecule has 30 heavy (non-hydrogen) atoms. The normalized spacial score (nSPS) is 20.9. The van der Waals surface area contributed by atoms with Crippen LogP contribution in [0.1, 0.15) is 77.3 Å². The van der Waals surface area contributed by atoms with E-state index < -0.39 is 5.54 Å². The highest BCUT2D eigenvalue weighted by atomic mass is 16.1. The second-order valence-electron chi connectivity index (χ2n) is 10.5. The molecule has 0 bridgehead atoms. The zero-order chi connectivity index (χ0) is 21.9. The number of hydrogen-bond acceptors (Lipinski definition) is 2. The van der Waals surface area contributed by atoms with Gasteiger partial charge >= 0.3 is 0 Å². The summed E-state index contributed by atoms with van der Waals surface area (Å²) >= 11 is 0. The number of anilines is 1. The molecule has 2 aliphatic carbocycles. The van der Waals surface area contributed by atoms with Crippen molar-refractivity contribution in [3.8, 4) is 0 Å². The summed E-state index contributed by atoms with van der Waals surface area (Å²) in [5.41, 5.74) is 9.80. The number of rotatable bonds is 8. The number of carbonyl (C=O) groups excluding carboxylic acids is 1. The molecule has 3 nitrogen and oxygen atoms in total. The second-order valence-corrected chi connectivity index (χ2v) is 10.5. The van der Waals surface area contributed by atoms with Gasteiger partial charge in [0.05, 0.1) is 5.54 Å². The van der Waals surface area contributed by atoms with Crippen molar-refractivity contribution in [2.45, 2.75) is 71.8 Å². The van der Waals surface area contributed by atoms with Crippen LogP contribution in [0, 0.1) is 17.3 Å². The van der Waals surface area contributed by atoms with Crippen LogP contribution in [0.5, 0.6) is 0 Å². The van der Waals surface area contributed by atoms with Gasteiger partial charge in [-0.2, -0.15) is 0 Å². The molecule has 2 unspecified atom stereocenters. The third kappa shape index (κ3) is 5.44. The molecule has 1 fully saturated rings. The van der Waals surface area contributed by atoms with Gasteiger partial charge in [-0.3, -0.25) is 4.79 Å². The number of benzene rings is 1. The van der Waals surface area contributed by atoms with Gasteiger partial charge in [0.2, 0.25) is 5.91 Å². The Morgan fingerprint density at radius 2 is 2.03 bits per heavy atom. The summed E-state index contributed by atoms with van der Waals surface area (Å²) in [6.07, 6.45) is 14.5. The van der Waals surface area contributed by atoms with Gasteiger partial charge in [0.15, 0.2) is 0 Å². The van der Waals surface area contributed by atoms with E-state index >= 15 is 0 Å². The van der Waals surface area contributed by atoms with Gasteiger partial charge in [-0.1, -0.05) is 83.6 Å². The lowest BCUT2D eigenvalue weighted by Crippen LogP contribution is -2.49. The molecule has 3 rings (SSSR count). The number of carbonyl (C=O) groups is 1. The summed E-state index contributed by atoms with van der Waals surface area (Å²) in [6.45, 7) is 12.4. The fraction of sp³-hybridized carbons (Fsp3) is 0.519. The van der Waals surface area contributed by atoms with Crippen LogP contribution in [0.25, 0.3) is 6.08 Å². The average Bonchev–Trinajstić information content (AvgIpc) is 3.48. The molecule has 162 valence electrons. The third-order valence-corrected chi connectivity index (χ3v) is 6.29. The Bertz CT molecular complexity index is 854. The lowest BCUT2D eigenvalue weighted by molar-refractivity contribution is -0.124. The first-order valence-electron chi connectivity index (χ1n) is 11.3. The SMILES string of the molecule is C=Cc1ccc(C(CCC2CC2)(NC(=O)CC(C)(C)C)C2=CC=CC(C)C2)cc1N. The van der Waals surface area contributed by atoms with Gasteiger partial charge in [-0.15, -0.1) is 0 Å². The first kappa shape index (κ1) is 22.4. The lowest BCUT2D eigenvalue weighted by atomic mass is 9.73. The predicted molar refractivity (Wildman–Crippen MR) is 128 cm³/mol. The van der Waals surface area contributed by atoms with Crippen molar-refractivity contribution in [3.05, 3.63) is 59.7 Å². The number of nitrogens with two attached hydrogens (primary N) is 1. The number of amides is 1. The van der Waals surface area contributed by atoms with Crippen LogP contribution in [0.4, 0.5) is 5.69 Å². The summed E-state index contributed by atoms with van der Waals surface area (Å²) in [5.74, 6) is 1.34. The minimum absolute atomic E-state index is 0.0633. The van der Waals surface area contributed by atoms with E-state index in [1.807, 2.05) is 12.1 Å². The van der Waals surface area contributed by atoms with Crippen LogP contribution in [-0.4, -0.2) is 5.91 Å². The van der Waals surface area contributed by atoms with Gasteiger partial charge in [0.1, 0.15) is 0 Å². The number of allylic oxidation sites excluding steroid dienone is 3. The molecule has 1 aromatic rings. The molecule has 1 saturated carbocycles. The first-order chi connectivity index (χ1) is 14.1. The summed E-state index contributed by atoms with van der Waals surface area (Å²) in [5, 5.41) is 3.52. The first-order valence-corrected chi connectivity index (χ1v) is 11.3. The van der Waals surface area contributed by atoms with Crippen molar-refractivity contribution in [1.82, 2.24) is 5.32 Å². The molecule has 3 N–H and O–H groups in total. The monoisotopic (exact) mass is 406 g/mol. The van der Waals surface area contributed by atoms with Crippen LogP contribution in [-0.2, 0) is 10.3 Å². The zero-order valence-corrected chi connectivity index (χ0v) is 19.1. The predicted octanol–water partition coefficient (Wildman–Crippen LogP) is 6.37. The molecule has 0 saturated heterocycles. The molecule has 0 radical (unpaired) electrons. The van der Waals surface area contributed by atoms with E-state index in [0.29, 0.717) is 18.0 Å². The summed E-state index contributed by atoms with van der Waals surface area (Å²) in [6, 6.07) is 6.20. The average molecular weight is 407 g/mol. The fourth-order valence-corrected chi connectivity index (χ4v) is 4.48. The summed E-state index contributed by atoms with van der Waals surface area (Å²) in [7, 11) is 0. The smallest absolute Gasteiger partial charge is 0.221 e. The molecule has 3 heteroatoms. The highest BCUT2D eigenvalue weighted by molar-refractivity contribution is 5.79. The number of hydrogen-bond donors (Lipinski definition) is 2. The number of nitrogens with one attached hydrogen (secondary N) is 1. The molecule has 2 atom stereocenters. The summed E-state index contributed by atoms with van der Waals surface area (Å²) < 4.78 is 0. The van der Waals surface area contributed by atoms with Crippen LogP contribution in [0.2, 0.25) is 0 Å². The topological polar surface area (TPSA) is 55.1 Å². The Morgan fingerprint density at radius 3 is 2.60 bits per heavy atom. The molecule has 1 amide bonds. The molecule has 0 aromatic heterocycles. The van der Waals surface area contributed by atoms with E-state index in [4.69, 9.17) is 5.73 Å². The van der Waals surface area contributed by atoms with Gasteiger partial charge in [0, 0.05) is 12.1 Å². The quantitative estimate of drug-likeness (QED) is 0.493. The molecule has 0 aliphatic heterocycles. The van der Waals surface area contributed by atoms with Crippen molar-refractivity contribution < 1.29 is 4.79 Å². The van der Waals surface area contributed by atoms with E-state index in [9.17, 15) is 4.79 Å². The number of nitrogen functional groups attached to an aromatic ring is 1. The third-order valence-electron chi connectivity index (χ3n) is 6.29. The van der Waals surface area contributed by atoms with E-state index in [2.05, 4.69) is 63.9 Å². The van der Waals surface area contributed by atoms with Crippen LogP contribution in [0.15, 0.2) is 48.6 Å².